The van der Waals surface area contributed by atoms with Crippen molar-refractivity contribution in [3.8, 4) is 0 Å². The van der Waals surface area contributed by atoms with Crippen molar-refractivity contribution in [3.63, 3.8) is 0 Å². The Bertz CT molecular complexity index is 641. The first-order chi connectivity index (χ1) is 13.6. The van der Waals surface area contributed by atoms with Crippen molar-refractivity contribution in [2.45, 2.75) is 63.2 Å². The number of rotatable bonds is 8. The molecule has 1 aliphatic carbocycles. The third kappa shape index (κ3) is 5.81. The largest absolute Gasteiger partial charge is 0.481 e. The van der Waals surface area contributed by atoms with Crippen molar-refractivity contribution in [3.05, 3.63) is 35.9 Å². The molecule has 5 heteroatoms. The molecule has 1 aliphatic heterocycles. The van der Waals surface area contributed by atoms with Crippen LogP contribution in [0.1, 0.15) is 63.4 Å². The van der Waals surface area contributed by atoms with Gasteiger partial charge < -0.3 is 10.4 Å². The van der Waals surface area contributed by atoms with Crippen LogP contribution in [-0.2, 0) is 15.0 Å². The highest BCUT2D eigenvalue weighted by Gasteiger charge is 2.34. The van der Waals surface area contributed by atoms with Crippen LogP contribution in [-0.4, -0.2) is 48.1 Å². The van der Waals surface area contributed by atoms with Gasteiger partial charge in [-0.3, -0.25) is 14.5 Å². The van der Waals surface area contributed by atoms with E-state index in [1.807, 2.05) is 0 Å². The normalized spacial score (nSPS) is 22.5. The lowest BCUT2D eigenvalue weighted by Gasteiger charge is -2.38. The predicted molar refractivity (Wildman–Crippen MR) is 110 cm³/mol. The zero-order valence-corrected chi connectivity index (χ0v) is 16.9. The third-order valence-corrected chi connectivity index (χ3v) is 6.56. The van der Waals surface area contributed by atoms with Crippen molar-refractivity contribution in [1.29, 1.82) is 0 Å². The van der Waals surface area contributed by atoms with Gasteiger partial charge >= 0.3 is 5.97 Å². The number of aliphatic carboxylic acids is 1. The van der Waals surface area contributed by atoms with E-state index in [0.717, 1.165) is 38.8 Å². The van der Waals surface area contributed by atoms with Crippen LogP contribution in [0.25, 0.3) is 0 Å². The number of nitrogens with one attached hydrogen (secondary N) is 1. The molecule has 2 N–H and O–H groups in total. The smallest absolute Gasteiger partial charge is 0.303 e. The zero-order valence-electron chi connectivity index (χ0n) is 16.9. The fraction of sp³-hybridized carbons (Fsp3) is 0.652. The van der Waals surface area contributed by atoms with E-state index >= 15 is 0 Å². The number of carbonyl (C=O) groups is 2. The second-order valence-corrected chi connectivity index (χ2v) is 8.66. The van der Waals surface area contributed by atoms with Gasteiger partial charge in [-0.1, -0.05) is 49.6 Å². The van der Waals surface area contributed by atoms with Gasteiger partial charge in [0.15, 0.2) is 0 Å². The molecule has 1 saturated carbocycles. The fourth-order valence-electron chi connectivity index (χ4n) is 4.97. The minimum Gasteiger partial charge on any atom is -0.481 e. The lowest BCUT2D eigenvalue weighted by Crippen LogP contribution is -2.47. The topological polar surface area (TPSA) is 69.6 Å². The van der Waals surface area contributed by atoms with Gasteiger partial charge in [-0.05, 0) is 50.1 Å². The molecule has 1 atom stereocenters. The summed E-state index contributed by atoms with van der Waals surface area (Å²) in [6, 6.07) is 10.6. The minimum absolute atomic E-state index is 0.0705. The summed E-state index contributed by atoms with van der Waals surface area (Å²) in [4.78, 5) is 25.7. The van der Waals surface area contributed by atoms with Gasteiger partial charge in [0, 0.05) is 24.9 Å². The van der Waals surface area contributed by atoms with E-state index < -0.39 is 5.97 Å². The second kappa shape index (κ2) is 10.1. The summed E-state index contributed by atoms with van der Waals surface area (Å²) in [5.74, 6) is -0.236. The first-order valence-electron chi connectivity index (χ1n) is 10.8. The number of hydrogen-bond acceptors (Lipinski definition) is 3. The molecule has 2 fully saturated rings. The van der Waals surface area contributed by atoms with Crippen LogP contribution in [0.5, 0.6) is 0 Å². The molecule has 0 radical (unpaired) electrons. The maximum atomic E-state index is 12.7. The standard InChI is InChI=1S/C23H34N2O3/c26-21(17-25-15-7-8-19(16-25)11-12-22(27)28)24-18-23(13-5-2-6-14-23)20-9-3-1-4-10-20/h1,3-4,9-10,19H,2,5-8,11-18H2,(H,24,26)(H,27,28). The van der Waals surface area contributed by atoms with Gasteiger partial charge in [0.05, 0.1) is 6.54 Å². The molecule has 0 spiro atoms. The van der Waals surface area contributed by atoms with Crippen molar-refractivity contribution in [2.24, 2.45) is 5.92 Å². The molecule has 1 heterocycles. The molecule has 1 unspecified atom stereocenters. The molecule has 5 nitrogen and oxygen atoms in total. The highest BCUT2D eigenvalue weighted by atomic mass is 16.4. The maximum Gasteiger partial charge on any atom is 0.303 e. The van der Waals surface area contributed by atoms with Crippen molar-refractivity contribution < 1.29 is 14.7 Å². The van der Waals surface area contributed by atoms with E-state index in [0.29, 0.717) is 25.4 Å². The first-order valence-corrected chi connectivity index (χ1v) is 10.8. The number of hydrogen-bond donors (Lipinski definition) is 2. The Kier molecular flexibility index (Phi) is 7.49. The Labute approximate surface area is 168 Å². The molecule has 1 saturated heterocycles. The van der Waals surface area contributed by atoms with Gasteiger partial charge in [0.1, 0.15) is 0 Å². The average Bonchev–Trinajstić information content (AvgIpc) is 2.72. The monoisotopic (exact) mass is 386 g/mol. The Hall–Kier alpha value is -1.88. The van der Waals surface area contributed by atoms with E-state index in [4.69, 9.17) is 5.11 Å². The molecule has 0 aromatic heterocycles. The summed E-state index contributed by atoms with van der Waals surface area (Å²) < 4.78 is 0. The Balaban J connectivity index is 1.51. The minimum atomic E-state index is -0.728. The molecule has 0 bridgehead atoms. The second-order valence-electron chi connectivity index (χ2n) is 8.66. The van der Waals surface area contributed by atoms with Crippen LogP contribution in [0.15, 0.2) is 30.3 Å². The van der Waals surface area contributed by atoms with Crippen molar-refractivity contribution in [1.82, 2.24) is 10.2 Å². The van der Waals surface area contributed by atoms with E-state index in [1.165, 1.54) is 24.8 Å². The van der Waals surface area contributed by atoms with Gasteiger partial charge in [-0.25, -0.2) is 0 Å². The van der Waals surface area contributed by atoms with Gasteiger partial charge in [-0.15, -0.1) is 0 Å². The van der Waals surface area contributed by atoms with E-state index in [2.05, 4.69) is 40.5 Å². The molecule has 3 rings (SSSR count). The number of piperidine rings is 1. The summed E-state index contributed by atoms with van der Waals surface area (Å²) in [6.07, 6.45) is 9.07. The Morgan fingerprint density at radius 2 is 1.86 bits per heavy atom. The zero-order chi connectivity index (χ0) is 19.8. The average molecular weight is 387 g/mol. The molecule has 28 heavy (non-hydrogen) atoms. The number of nitrogens with zero attached hydrogens (tertiary/aromatic N) is 1. The number of benzene rings is 1. The number of amides is 1. The maximum absolute atomic E-state index is 12.7. The van der Waals surface area contributed by atoms with Gasteiger partial charge in [0.25, 0.3) is 0 Å². The van der Waals surface area contributed by atoms with Crippen LogP contribution < -0.4 is 5.32 Å². The van der Waals surface area contributed by atoms with E-state index in [9.17, 15) is 9.59 Å². The van der Waals surface area contributed by atoms with Gasteiger partial charge in [0.2, 0.25) is 5.91 Å². The molecule has 154 valence electrons. The van der Waals surface area contributed by atoms with E-state index in [1.54, 1.807) is 0 Å². The molecular formula is C23H34N2O3. The van der Waals surface area contributed by atoms with Crippen molar-refractivity contribution >= 4 is 11.9 Å². The van der Waals surface area contributed by atoms with E-state index in [-0.39, 0.29) is 17.7 Å². The molecular weight excluding hydrogens is 352 g/mol. The summed E-state index contributed by atoms with van der Waals surface area (Å²) >= 11 is 0. The van der Waals surface area contributed by atoms with Crippen LogP contribution in [0.4, 0.5) is 0 Å². The predicted octanol–water partition coefficient (Wildman–Crippen LogP) is 3.58. The third-order valence-electron chi connectivity index (χ3n) is 6.56. The number of carboxylic acid groups (broad SMARTS) is 1. The van der Waals surface area contributed by atoms with Crippen LogP contribution in [0.2, 0.25) is 0 Å². The molecule has 1 aromatic carbocycles. The van der Waals surface area contributed by atoms with Crippen molar-refractivity contribution in [2.75, 3.05) is 26.2 Å². The fourth-order valence-corrected chi connectivity index (χ4v) is 4.97. The summed E-state index contributed by atoms with van der Waals surface area (Å²) in [5.41, 5.74) is 1.42. The quantitative estimate of drug-likeness (QED) is 0.716. The highest BCUT2D eigenvalue weighted by molar-refractivity contribution is 5.78. The lowest BCUT2D eigenvalue weighted by molar-refractivity contribution is -0.137. The lowest BCUT2D eigenvalue weighted by atomic mass is 9.69. The number of carboxylic acids is 1. The molecule has 1 amide bonds. The molecule has 2 aliphatic rings. The first kappa shape index (κ1) is 20.8. The Morgan fingerprint density at radius 3 is 2.57 bits per heavy atom. The number of carbonyl (C=O) groups excluding carboxylic acids is 1. The van der Waals surface area contributed by atoms with Crippen LogP contribution >= 0.6 is 0 Å². The summed E-state index contributed by atoms with van der Waals surface area (Å²) in [5, 5.41) is 12.1. The van der Waals surface area contributed by atoms with Crippen LogP contribution in [0.3, 0.4) is 0 Å². The SMILES string of the molecule is O=C(O)CCC1CCCN(CC(=O)NCC2(c3ccccc3)CCCCC2)C1. The highest BCUT2D eigenvalue weighted by Crippen LogP contribution is 2.38. The summed E-state index contributed by atoms with van der Waals surface area (Å²) in [6.45, 7) is 2.91. The van der Waals surface area contributed by atoms with Crippen LogP contribution in [0, 0.1) is 5.92 Å². The van der Waals surface area contributed by atoms with Gasteiger partial charge in [-0.2, -0.15) is 0 Å². The molecule has 1 aromatic rings. The Morgan fingerprint density at radius 1 is 1.11 bits per heavy atom. The number of likely N-dealkylation sites (tertiary alicyclic amines) is 1. The summed E-state index contributed by atoms with van der Waals surface area (Å²) in [7, 11) is 0.